The second-order valence-electron chi connectivity index (χ2n) is 7.63. The molecule has 0 N–H and O–H groups in total. The van der Waals surface area contributed by atoms with Gasteiger partial charge in [0.15, 0.2) is 0 Å². The monoisotopic (exact) mass is 338 g/mol. The van der Waals surface area contributed by atoms with Crippen molar-refractivity contribution in [1.82, 2.24) is 9.80 Å². The minimum Gasteiger partial charge on any atom is -0.286 e. The topological polar surface area (TPSA) is 6.48 Å². The van der Waals surface area contributed by atoms with E-state index in [1.807, 2.05) is 0 Å². The first-order chi connectivity index (χ1) is 12.4. The van der Waals surface area contributed by atoms with Crippen molar-refractivity contribution in [2.75, 3.05) is 19.8 Å². The van der Waals surface area contributed by atoms with Gasteiger partial charge in [0.2, 0.25) is 0 Å². The maximum absolute atomic E-state index is 2.72. The molecular formula is C23H34N2. The van der Waals surface area contributed by atoms with Crippen LogP contribution in [0.15, 0.2) is 54.6 Å². The zero-order valence-electron chi connectivity index (χ0n) is 15.8. The van der Waals surface area contributed by atoms with Gasteiger partial charge in [0.05, 0.1) is 6.67 Å². The van der Waals surface area contributed by atoms with Crippen molar-refractivity contribution < 1.29 is 0 Å². The Morgan fingerprint density at radius 3 is 2.04 bits per heavy atom. The molecule has 3 rings (SSSR count). The van der Waals surface area contributed by atoms with Crippen LogP contribution < -0.4 is 0 Å². The fourth-order valence-corrected chi connectivity index (χ4v) is 4.49. The van der Waals surface area contributed by atoms with Crippen molar-refractivity contribution in [1.29, 1.82) is 0 Å². The van der Waals surface area contributed by atoms with Gasteiger partial charge in [0, 0.05) is 19.1 Å². The molecule has 2 heteroatoms. The summed E-state index contributed by atoms with van der Waals surface area (Å²) in [5, 5.41) is 0. The van der Waals surface area contributed by atoms with Crippen LogP contribution in [0.3, 0.4) is 0 Å². The summed E-state index contributed by atoms with van der Waals surface area (Å²) in [5.74, 6) is 0.911. The van der Waals surface area contributed by atoms with Crippen molar-refractivity contribution in [3.05, 3.63) is 60.2 Å². The van der Waals surface area contributed by atoms with Gasteiger partial charge in [-0.25, -0.2) is 0 Å². The predicted octanol–water partition coefficient (Wildman–Crippen LogP) is 5.25. The van der Waals surface area contributed by atoms with Gasteiger partial charge < -0.3 is 0 Å². The van der Waals surface area contributed by atoms with E-state index in [2.05, 4.69) is 71.3 Å². The van der Waals surface area contributed by atoms with Crippen molar-refractivity contribution in [2.24, 2.45) is 5.92 Å². The molecule has 0 bridgehead atoms. The van der Waals surface area contributed by atoms with Crippen LogP contribution >= 0.6 is 0 Å². The Hall–Kier alpha value is -1.38. The van der Waals surface area contributed by atoms with E-state index in [4.69, 9.17) is 0 Å². The smallest absolute Gasteiger partial charge is 0.0513 e. The van der Waals surface area contributed by atoms with Crippen molar-refractivity contribution in [2.45, 2.75) is 58.0 Å². The highest BCUT2D eigenvalue weighted by Crippen LogP contribution is 2.31. The summed E-state index contributed by atoms with van der Waals surface area (Å²) in [6, 6.07) is 20.1. The molecule has 2 aliphatic rings. The Kier molecular flexibility index (Phi) is 7.32. The largest absolute Gasteiger partial charge is 0.286 e. The molecule has 136 valence electrons. The van der Waals surface area contributed by atoms with Crippen LogP contribution in [0.5, 0.6) is 0 Å². The van der Waals surface area contributed by atoms with E-state index in [1.54, 1.807) is 0 Å². The van der Waals surface area contributed by atoms with Gasteiger partial charge >= 0.3 is 0 Å². The van der Waals surface area contributed by atoms with Crippen molar-refractivity contribution in [3.63, 3.8) is 0 Å². The molecule has 0 amide bonds. The van der Waals surface area contributed by atoms with Gasteiger partial charge in [0.25, 0.3) is 0 Å². The summed E-state index contributed by atoms with van der Waals surface area (Å²) < 4.78 is 0. The molecule has 2 nitrogen and oxygen atoms in total. The average molecular weight is 339 g/mol. The van der Waals surface area contributed by atoms with Crippen LogP contribution in [-0.4, -0.2) is 35.6 Å². The number of likely N-dealkylation sites (N-methyl/N-ethyl adjacent to an activating group) is 1. The fourth-order valence-electron chi connectivity index (χ4n) is 4.49. The van der Waals surface area contributed by atoms with Gasteiger partial charge in [-0.05, 0) is 30.9 Å². The predicted molar refractivity (Wildman–Crippen MR) is 107 cm³/mol. The highest BCUT2D eigenvalue weighted by Gasteiger charge is 2.34. The lowest BCUT2D eigenvalue weighted by molar-refractivity contribution is 0.182. The summed E-state index contributed by atoms with van der Waals surface area (Å²) in [7, 11) is 0. The van der Waals surface area contributed by atoms with E-state index >= 15 is 0 Å². The highest BCUT2D eigenvalue weighted by atomic mass is 15.4. The Balaban J connectivity index is 1.67. The maximum Gasteiger partial charge on any atom is 0.0513 e. The molecule has 2 fully saturated rings. The Morgan fingerprint density at radius 2 is 1.44 bits per heavy atom. The summed E-state index contributed by atoms with van der Waals surface area (Å²) in [6.07, 6.45) is 8.67. The van der Waals surface area contributed by atoms with Crippen molar-refractivity contribution >= 4 is 0 Å². The van der Waals surface area contributed by atoms with E-state index in [-0.39, 0.29) is 0 Å². The minimum atomic E-state index is 0.769. The third-order valence-corrected chi connectivity index (χ3v) is 5.84. The summed E-state index contributed by atoms with van der Waals surface area (Å²) in [5.41, 5.74) is 1.40. The van der Waals surface area contributed by atoms with Crippen molar-refractivity contribution in [3.8, 4) is 0 Å². The average Bonchev–Trinajstić information content (AvgIpc) is 2.85. The molecule has 1 heterocycles. The van der Waals surface area contributed by atoms with Gasteiger partial charge in [-0.1, -0.05) is 87.2 Å². The van der Waals surface area contributed by atoms with Crippen LogP contribution in [-0.2, 0) is 6.54 Å². The summed E-state index contributed by atoms with van der Waals surface area (Å²) in [4.78, 5) is 5.37. The zero-order chi connectivity index (χ0) is 17.3. The third-order valence-electron chi connectivity index (χ3n) is 5.84. The molecule has 1 saturated carbocycles. The number of hydrogen-bond donors (Lipinski definition) is 0. The lowest BCUT2D eigenvalue weighted by Gasteiger charge is -2.29. The SMILES string of the molecule is CCN1CN(Cc2ccccccccc2)CC1C1CCCCCC1. The summed E-state index contributed by atoms with van der Waals surface area (Å²) in [6.45, 7) is 6.93. The molecule has 0 spiro atoms. The first-order valence-corrected chi connectivity index (χ1v) is 10.2. The molecule has 1 unspecified atom stereocenters. The van der Waals surface area contributed by atoms with E-state index in [1.165, 1.54) is 57.2 Å². The Bertz CT molecular complexity index is 537. The van der Waals surface area contributed by atoms with E-state index in [0.717, 1.165) is 25.2 Å². The molecular weight excluding hydrogens is 304 g/mol. The first kappa shape index (κ1) is 18.4. The van der Waals surface area contributed by atoms with E-state index in [9.17, 15) is 0 Å². The third kappa shape index (κ3) is 5.55. The first-order valence-electron chi connectivity index (χ1n) is 10.2. The van der Waals surface area contributed by atoms with Gasteiger partial charge in [0.1, 0.15) is 0 Å². The molecule has 1 aliphatic heterocycles. The van der Waals surface area contributed by atoms with Gasteiger partial charge in [-0.3, -0.25) is 9.80 Å². The molecule has 1 atom stereocenters. The minimum absolute atomic E-state index is 0.769. The standard InChI is InChI=1S/C23H34N2/c1-2-25-20-24(19-23(25)22-16-12-8-9-13-17-22)18-21-14-10-6-4-3-5-7-11-15-21/h3-7,10-11,14-15,22-23H,2,8-9,12-13,16-20H2,1H3. The zero-order valence-corrected chi connectivity index (χ0v) is 15.8. The normalized spacial score (nSPS) is 23.2. The Morgan fingerprint density at radius 1 is 0.840 bits per heavy atom. The lowest BCUT2D eigenvalue weighted by atomic mass is 9.91. The molecule has 1 aromatic rings. The molecule has 1 saturated heterocycles. The lowest BCUT2D eigenvalue weighted by Crippen LogP contribution is -2.36. The molecule has 25 heavy (non-hydrogen) atoms. The number of rotatable bonds is 4. The van der Waals surface area contributed by atoms with E-state index < -0.39 is 0 Å². The molecule has 1 aliphatic carbocycles. The van der Waals surface area contributed by atoms with Gasteiger partial charge in [-0.2, -0.15) is 0 Å². The van der Waals surface area contributed by atoms with Crippen LogP contribution in [0, 0.1) is 5.92 Å². The second kappa shape index (κ2) is 9.94. The van der Waals surface area contributed by atoms with E-state index in [0.29, 0.717) is 0 Å². The Labute approximate surface area is 154 Å². The highest BCUT2D eigenvalue weighted by molar-refractivity contribution is 5.12. The second-order valence-corrected chi connectivity index (χ2v) is 7.63. The van der Waals surface area contributed by atoms with Crippen LogP contribution in [0.4, 0.5) is 0 Å². The number of hydrogen-bond acceptors (Lipinski definition) is 2. The molecule has 0 aromatic heterocycles. The quantitative estimate of drug-likeness (QED) is 0.692. The van der Waals surface area contributed by atoms with Crippen LogP contribution in [0.2, 0.25) is 0 Å². The number of nitrogens with zero attached hydrogens (tertiary/aromatic N) is 2. The fraction of sp³-hybridized carbons (Fsp3) is 0.565. The maximum atomic E-state index is 2.72. The molecule has 1 aromatic carbocycles. The molecule has 0 radical (unpaired) electrons. The summed E-state index contributed by atoms with van der Waals surface area (Å²) >= 11 is 0. The van der Waals surface area contributed by atoms with Crippen LogP contribution in [0.1, 0.15) is 51.0 Å². The van der Waals surface area contributed by atoms with Crippen LogP contribution in [0.25, 0.3) is 0 Å². The van der Waals surface area contributed by atoms with Gasteiger partial charge in [-0.15, -0.1) is 0 Å².